The number of nitrogens with two attached hydrogens (primary N) is 1. The highest BCUT2D eigenvalue weighted by atomic mass is 32.1. The lowest BCUT2D eigenvalue weighted by Gasteiger charge is -2.13. The van der Waals surface area contributed by atoms with Crippen LogP contribution in [0, 0.1) is 20.8 Å². The predicted octanol–water partition coefficient (Wildman–Crippen LogP) is 4.04. The molecule has 98 valence electrons. The molecular weight excluding hydrogens is 254 g/mol. The van der Waals surface area contributed by atoms with E-state index in [4.69, 9.17) is 22.7 Å². The molecule has 0 atom stereocenters. The van der Waals surface area contributed by atoms with E-state index in [1.807, 2.05) is 51.1 Å². The van der Waals surface area contributed by atoms with Crippen LogP contribution in [0.25, 0.3) is 0 Å². The third-order valence-electron chi connectivity index (χ3n) is 2.97. The Labute approximate surface area is 119 Å². The molecule has 2 N–H and O–H groups in total. The van der Waals surface area contributed by atoms with E-state index in [1.54, 1.807) is 0 Å². The van der Waals surface area contributed by atoms with E-state index in [1.165, 1.54) is 0 Å². The van der Waals surface area contributed by atoms with Crippen molar-refractivity contribution in [2.24, 2.45) is 5.73 Å². The van der Waals surface area contributed by atoms with Crippen LogP contribution in [0.2, 0.25) is 0 Å². The van der Waals surface area contributed by atoms with Crippen molar-refractivity contribution in [1.82, 2.24) is 0 Å². The highest BCUT2D eigenvalue weighted by Crippen LogP contribution is 2.29. The zero-order chi connectivity index (χ0) is 14.0. The Kier molecular flexibility index (Phi) is 3.86. The molecule has 3 heteroatoms. The van der Waals surface area contributed by atoms with Gasteiger partial charge in [-0.2, -0.15) is 0 Å². The Hall–Kier alpha value is -1.87. The van der Waals surface area contributed by atoms with Crippen molar-refractivity contribution >= 4 is 17.2 Å². The van der Waals surface area contributed by atoms with Crippen LogP contribution in [0.3, 0.4) is 0 Å². The van der Waals surface area contributed by atoms with Gasteiger partial charge in [0.1, 0.15) is 16.5 Å². The molecule has 0 radical (unpaired) electrons. The van der Waals surface area contributed by atoms with E-state index < -0.39 is 0 Å². The monoisotopic (exact) mass is 271 g/mol. The highest BCUT2D eigenvalue weighted by molar-refractivity contribution is 7.80. The van der Waals surface area contributed by atoms with E-state index in [0.717, 1.165) is 28.0 Å². The Balaban J connectivity index is 2.45. The Morgan fingerprint density at radius 2 is 1.53 bits per heavy atom. The number of hydrogen-bond acceptors (Lipinski definition) is 2. The molecule has 0 saturated heterocycles. The van der Waals surface area contributed by atoms with E-state index >= 15 is 0 Å². The van der Waals surface area contributed by atoms with E-state index in [0.29, 0.717) is 10.7 Å². The van der Waals surface area contributed by atoms with Crippen molar-refractivity contribution in [2.75, 3.05) is 0 Å². The number of hydrogen-bond donors (Lipinski definition) is 1. The third kappa shape index (κ3) is 3.12. The van der Waals surface area contributed by atoms with Crippen LogP contribution >= 0.6 is 12.2 Å². The summed E-state index contributed by atoms with van der Waals surface area (Å²) in [7, 11) is 0. The van der Waals surface area contributed by atoms with Gasteiger partial charge in [0.2, 0.25) is 0 Å². The molecule has 0 heterocycles. The number of aryl methyl sites for hydroxylation is 3. The Bertz CT molecular complexity index is 635. The maximum Gasteiger partial charge on any atom is 0.137 e. The smallest absolute Gasteiger partial charge is 0.137 e. The molecule has 19 heavy (non-hydrogen) atoms. The molecule has 0 bridgehead atoms. The van der Waals surface area contributed by atoms with Crippen LogP contribution < -0.4 is 10.5 Å². The molecule has 0 spiro atoms. The first kappa shape index (κ1) is 13.6. The van der Waals surface area contributed by atoms with Gasteiger partial charge in [-0.25, -0.2) is 0 Å². The molecule has 0 unspecified atom stereocenters. The number of rotatable bonds is 3. The maximum atomic E-state index is 6.00. The lowest BCUT2D eigenvalue weighted by molar-refractivity contribution is 0.477. The minimum absolute atomic E-state index is 0.348. The van der Waals surface area contributed by atoms with Gasteiger partial charge in [-0.3, -0.25) is 0 Å². The van der Waals surface area contributed by atoms with Crippen molar-refractivity contribution in [3.8, 4) is 11.5 Å². The zero-order valence-corrected chi connectivity index (χ0v) is 12.2. The minimum atomic E-state index is 0.348. The van der Waals surface area contributed by atoms with Crippen molar-refractivity contribution in [2.45, 2.75) is 20.8 Å². The molecule has 0 saturated carbocycles. The molecule has 2 nitrogen and oxygen atoms in total. The molecule has 0 aliphatic heterocycles. The number of ether oxygens (including phenoxy) is 1. The van der Waals surface area contributed by atoms with Gasteiger partial charge in [0.15, 0.2) is 0 Å². The summed E-state index contributed by atoms with van der Waals surface area (Å²) in [5, 5.41) is 0. The molecule has 2 rings (SSSR count). The van der Waals surface area contributed by atoms with Crippen molar-refractivity contribution in [1.29, 1.82) is 0 Å². The summed E-state index contributed by atoms with van der Waals surface area (Å²) >= 11 is 5.07. The molecule has 0 aromatic heterocycles. The van der Waals surface area contributed by atoms with Gasteiger partial charge in [0.25, 0.3) is 0 Å². The van der Waals surface area contributed by atoms with Crippen LogP contribution in [0.5, 0.6) is 11.5 Å². The molecule has 2 aromatic carbocycles. The van der Waals surface area contributed by atoms with Crippen LogP contribution in [0.1, 0.15) is 22.3 Å². The predicted molar refractivity (Wildman–Crippen MR) is 83.1 cm³/mol. The largest absolute Gasteiger partial charge is 0.456 e. The minimum Gasteiger partial charge on any atom is -0.456 e. The number of thiocarbonyl (C=S) groups is 1. The fourth-order valence-corrected chi connectivity index (χ4v) is 2.02. The summed E-state index contributed by atoms with van der Waals surface area (Å²) in [5.41, 5.74) is 9.86. The Morgan fingerprint density at radius 1 is 0.947 bits per heavy atom. The molecule has 0 amide bonds. The summed E-state index contributed by atoms with van der Waals surface area (Å²) in [5.74, 6) is 1.55. The second-order valence-corrected chi connectivity index (χ2v) is 5.17. The number of benzene rings is 2. The van der Waals surface area contributed by atoms with Crippen molar-refractivity contribution in [3.05, 3.63) is 58.7 Å². The fraction of sp³-hybridized carbons (Fsp3) is 0.188. The van der Waals surface area contributed by atoms with Crippen LogP contribution in [0.15, 0.2) is 36.4 Å². The van der Waals surface area contributed by atoms with Gasteiger partial charge in [0.05, 0.1) is 5.56 Å². The summed E-state index contributed by atoms with van der Waals surface area (Å²) in [6, 6.07) is 12.0. The van der Waals surface area contributed by atoms with E-state index in [-0.39, 0.29) is 0 Å². The van der Waals surface area contributed by atoms with Gasteiger partial charge in [-0.05, 0) is 55.7 Å². The molecule has 0 aliphatic rings. The van der Waals surface area contributed by atoms with E-state index in [2.05, 4.69) is 6.07 Å². The van der Waals surface area contributed by atoms with Gasteiger partial charge >= 0.3 is 0 Å². The van der Waals surface area contributed by atoms with Crippen LogP contribution in [0.4, 0.5) is 0 Å². The normalized spacial score (nSPS) is 10.3. The van der Waals surface area contributed by atoms with Crippen LogP contribution in [-0.4, -0.2) is 4.99 Å². The molecule has 0 aliphatic carbocycles. The molecular formula is C16H17NOS. The zero-order valence-electron chi connectivity index (χ0n) is 11.4. The topological polar surface area (TPSA) is 35.2 Å². The van der Waals surface area contributed by atoms with Crippen molar-refractivity contribution < 1.29 is 4.74 Å². The summed E-state index contributed by atoms with van der Waals surface area (Å²) in [4.78, 5) is 0.348. The van der Waals surface area contributed by atoms with Crippen LogP contribution in [-0.2, 0) is 0 Å². The summed E-state index contributed by atoms with van der Waals surface area (Å²) in [6.45, 7) is 6.07. The average Bonchev–Trinajstić information content (AvgIpc) is 2.33. The lowest BCUT2D eigenvalue weighted by Crippen LogP contribution is -2.11. The maximum absolute atomic E-state index is 6.00. The first-order valence-electron chi connectivity index (χ1n) is 6.13. The SMILES string of the molecule is Cc1ccc(C)c(Oc2cc(C)ccc2C(N)=S)c1. The van der Waals surface area contributed by atoms with Crippen molar-refractivity contribution in [3.63, 3.8) is 0 Å². The Morgan fingerprint density at radius 3 is 2.16 bits per heavy atom. The second kappa shape index (κ2) is 5.41. The quantitative estimate of drug-likeness (QED) is 0.856. The van der Waals surface area contributed by atoms with Gasteiger partial charge in [-0.1, -0.05) is 30.4 Å². The van der Waals surface area contributed by atoms with E-state index in [9.17, 15) is 0 Å². The molecule has 0 fully saturated rings. The van der Waals surface area contributed by atoms with Gasteiger partial charge in [0, 0.05) is 0 Å². The molecule has 2 aromatic rings. The summed E-state index contributed by atoms with van der Waals surface area (Å²) < 4.78 is 6.00. The lowest BCUT2D eigenvalue weighted by atomic mass is 10.1. The second-order valence-electron chi connectivity index (χ2n) is 4.73. The van der Waals surface area contributed by atoms with Gasteiger partial charge in [-0.15, -0.1) is 0 Å². The highest BCUT2D eigenvalue weighted by Gasteiger charge is 2.09. The summed E-state index contributed by atoms with van der Waals surface area (Å²) in [6.07, 6.45) is 0. The average molecular weight is 271 g/mol. The first-order valence-corrected chi connectivity index (χ1v) is 6.54. The first-order chi connectivity index (χ1) is 8.97. The third-order valence-corrected chi connectivity index (χ3v) is 3.19. The van der Waals surface area contributed by atoms with Gasteiger partial charge < -0.3 is 10.5 Å². The standard InChI is InChI=1S/C16H17NOS/c1-10-4-6-12(3)14(8-10)18-15-9-11(2)5-7-13(15)16(17)19/h4-9H,1-3H3,(H2,17,19). The fourth-order valence-electron chi connectivity index (χ4n) is 1.85.